The van der Waals surface area contributed by atoms with E-state index >= 15 is 0 Å². The first kappa shape index (κ1) is 17.9. The quantitative estimate of drug-likeness (QED) is 0.799. The fraction of sp³-hybridized carbons (Fsp3) is 0.278. The SMILES string of the molecule is CN(C)C(CNC(=O)Cc1ccc(N)cc1)c1c(F)cccc1F. The molecule has 0 aliphatic heterocycles. The minimum Gasteiger partial charge on any atom is -0.399 e. The first-order chi connectivity index (χ1) is 11.4. The Balaban J connectivity index is 2.04. The van der Waals surface area contributed by atoms with Crippen LogP contribution in [0.3, 0.4) is 0 Å². The summed E-state index contributed by atoms with van der Waals surface area (Å²) in [6.07, 6.45) is 0.181. The van der Waals surface area contributed by atoms with Crippen molar-refractivity contribution >= 4 is 11.6 Å². The van der Waals surface area contributed by atoms with Gasteiger partial charge < -0.3 is 16.0 Å². The van der Waals surface area contributed by atoms with Crippen molar-refractivity contribution in [2.24, 2.45) is 0 Å². The third kappa shape index (κ3) is 4.52. The van der Waals surface area contributed by atoms with Crippen molar-refractivity contribution < 1.29 is 13.6 Å². The van der Waals surface area contributed by atoms with Crippen LogP contribution in [0.25, 0.3) is 0 Å². The molecule has 3 N–H and O–H groups in total. The maximum atomic E-state index is 14.0. The number of carbonyl (C=O) groups excluding carboxylic acids is 1. The average Bonchev–Trinajstić information content (AvgIpc) is 2.52. The van der Waals surface area contributed by atoms with Gasteiger partial charge in [-0.15, -0.1) is 0 Å². The van der Waals surface area contributed by atoms with Gasteiger partial charge in [-0.2, -0.15) is 0 Å². The van der Waals surface area contributed by atoms with Crippen molar-refractivity contribution in [3.63, 3.8) is 0 Å². The predicted octanol–water partition coefficient (Wildman–Crippen LogP) is 2.51. The molecule has 0 heterocycles. The third-order valence-corrected chi connectivity index (χ3v) is 3.79. The van der Waals surface area contributed by atoms with Crippen LogP contribution in [0.5, 0.6) is 0 Å². The van der Waals surface area contributed by atoms with Crippen LogP contribution in [0.2, 0.25) is 0 Å². The third-order valence-electron chi connectivity index (χ3n) is 3.79. The molecule has 128 valence electrons. The van der Waals surface area contributed by atoms with Crippen molar-refractivity contribution in [2.75, 3.05) is 26.4 Å². The van der Waals surface area contributed by atoms with E-state index in [2.05, 4.69) is 5.32 Å². The van der Waals surface area contributed by atoms with Crippen LogP contribution in [0.15, 0.2) is 42.5 Å². The summed E-state index contributed by atoms with van der Waals surface area (Å²) in [4.78, 5) is 13.7. The van der Waals surface area contributed by atoms with E-state index in [1.54, 1.807) is 43.3 Å². The molecule has 0 radical (unpaired) electrons. The number of hydrogen-bond acceptors (Lipinski definition) is 3. The summed E-state index contributed by atoms with van der Waals surface area (Å²) < 4.78 is 28.0. The van der Waals surface area contributed by atoms with E-state index in [1.807, 2.05) is 0 Å². The van der Waals surface area contributed by atoms with Crippen LogP contribution in [0.1, 0.15) is 17.2 Å². The van der Waals surface area contributed by atoms with Crippen molar-refractivity contribution in [1.82, 2.24) is 10.2 Å². The summed E-state index contributed by atoms with van der Waals surface area (Å²) in [6.45, 7) is 0.110. The van der Waals surface area contributed by atoms with Crippen LogP contribution < -0.4 is 11.1 Å². The van der Waals surface area contributed by atoms with E-state index in [0.717, 1.165) is 5.56 Å². The van der Waals surface area contributed by atoms with Crippen molar-refractivity contribution in [1.29, 1.82) is 0 Å². The Bertz CT molecular complexity index is 682. The molecular weight excluding hydrogens is 312 g/mol. The normalized spacial score (nSPS) is 12.2. The van der Waals surface area contributed by atoms with Crippen molar-refractivity contribution in [3.05, 3.63) is 65.2 Å². The van der Waals surface area contributed by atoms with Gasteiger partial charge in [0, 0.05) is 17.8 Å². The largest absolute Gasteiger partial charge is 0.399 e. The highest BCUT2D eigenvalue weighted by atomic mass is 19.1. The number of hydrogen-bond donors (Lipinski definition) is 2. The molecule has 0 saturated carbocycles. The number of halogens is 2. The molecule has 2 aromatic carbocycles. The van der Waals surface area contributed by atoms with E-state index in [0.29, 0.717) is 5.69 Å². The molecule has 6 heteroatoms. The van der Waals surface area contributed by atoms with Gasteiger partial charge in [0.1, 0.15) is 11.6 Å². The lowest BCUT2D eigenvalue weighted by Crippen LogP contribution is -2.36. The first-order valence-corrected chi connectivity index (χ1v) is 7.60. The molecule has 0 fully saturated rings. The molecule has 0 saturated heterocycles. The topological polar surface area (TPSA) is 58.4 Å². The number of rotatable bonds is 6. The second kappa shape index (κ2) is 7.88. The number of benzene rings is 2. The van der Waals surface area contributed by atoms with E-state index in [9.17, 15) is 13.6 Å². The summed E-state index contributed by atoms with van der Waals surface area (Å²) in [7, 11) is 3.42. The number of nitrogen functional groups attached to an aromatic ring is 1. The molecule has 0 bridgehead atoms. The van der Waals surface area contributed by atoms with E-state index in [1.165, 1.54) is 18.2 Å². The molecule has 24 heavy (non-hydrogen) atoms. The molecule has 4 nitrogen and oxygen atoms in total. The second-order valence-electron chi connectivity index (χ2n) is 5.84. The first-order valence-electron chi connectivity index (χ1n) is 7.60. The molecular formula is C18H21F2N3O. The number of likely N-dealkylation sites (N-methyl/N-ethyl adjacent to an activating group) is 1. The van der Waals surface area contributed by atoms with Gasteiger partial charge >= 0.3 is 0 Å². The average molecular weight is 333 g/mol. The standard InChI is InChI=1S/C18H21F2N3O/c1-23(2)16(18-14(19)4-3-5-15(18)20)11-22-17(24)10-12-6-8-13(21)9-7-12/h3-9,16H,10-11,21H2,1-2H3,(H,22,24). The zero-order chi connectivity index (χ0) is 17.7. The van der Waals surface area contributed by atoms with Gasteiger partial charge in [-0.05, 0) is 43.9 Å². The lowest BCUT2D eigenvalue weighted by atomic mass is 10.0. The molecule has 1 unspecified atom stereocenters. The Hall–Kier alpha value is -2.47. The minimum atomic E-state index is -0.624. The highest BCUT2D eigenvalue weighted by Gasteiger charge is 2.22. The van der Waals surface area contributed by atoms with Crippen LogP contribution in [0.4, 0.5) is 14.5 Å². The number of nitrogens with two attached hydrogens (primary N) is 1. The minimum absolute atomic E-state index is 0.0460. The number of nitrogens with zero attached hydrogens (tertiary/aromatic N) is 1. The molecule has 1 atom stereocenters. The summed E-state index contributed by atoms with van der Waals surface area (Å²) in [6, 6.07) is 10.1. The van der Waals surface area contributed by atoms with Crippen LogP contribution in [0, 0.1) is 11.6 Å². The van der Waals surface area contributed by atoms with E-state index in [4.69, 9.17) is 5.73 Å². The molecule has 2 rings (SSSR count). The summed E-state index contributed by atoms with van der Waals surface area (Å²) in [5, 5.41) is 2.73. The van der Waals surface area contributed by atoms with Gasteiger partial charge in [0.05, 0.1) is 12.5 Å². The van der Waals surface area contributed by atoms with Gasteiger partial charge in [0.2, 0.25) is 5.91 Å². The van der Waals surface area contributed by atoms with Crippen molar-refractivity contribution in [3.8, 4) is 0 Å². The second-order valence-corrected chi connectivity index (χ2v) is 5.84. The number of nitrogens with one attached hydrogen (secondary N) is 1. The van der Waals surface area contributed by atoms with E-state index in [-0.39, 0.29) is 24.4 Å². The van der Waals surface area contributed by atoms with Crippen LogP contribution in [-0.4, -0.2) is 31.4 Å². The molecule has 2 aromatic rings. The van der Waals surface area contributed by atoms with E-state index < -0.39 is 17.7 Å². The van der Waals surface area contributed by atoms with Crippen molar-refractivity contribution in [2.45, 2.75) is 12.5 Å². The Morgan fingerprint density at radius 2 is 1.71 bits per heavy atom. The van der Waals surface area contributed by atoms with Gasteiger partial charge in [-0.3, -0.25) is 4.79 Å². The zero-order valence-corrected chi connectivity index (χ0v) is 13.7. The monoisotopic (exact) mass is 333 g/mol. The number of amides is 1. The Morgan fingerprint density at radius 3 is 2.25 bits per heavy atom. The zero-order valence-electron chi connectivity index (χ0n) is 13.7. The smallest absolute Gasteiger partial charge is 0.224 e. The lowest BCUT2D eigenvalue weighted by Gasteiger charge is -2.25. The Kier molecular flexibility index (Phi) is 5.87. The number of carbonyl (C=O) groups is 1. The highest BCUT2D eigenvalue weighted by Crippen LogP contribution is 2.23. The highest BCUT2D eigenvalue weighted by molar-refractivity contribution is 5.78. The van der Waals surface area contributed by atoms with Gasteiger partial charge in [0.25, 0.3) is 0 Å². The Labute approximate surface area is 140 Å². The van der Waals surface area contributed by atoms with Crippen LogP contribution >= 0.6 is 0 Å². The van der Waals surface area contributed by atoms with Gasteiger partial charge in [-0.1, -0.05) is 18.2 Å². The maximum Gasteiger partial charge on any atom is 0.224 e. The summed E-state index contributed by atoms with van der Waals surface area (Å²) in [5.41, 5.74) is 7.01. The van der Waals surface area contributed by atoms with Gasteiger partial charge in [0.15, 0.2) is 0 Å². The Morgan fingerprint density at radius 1 is 1.12 bits per heavy atom. The predicted molar refractivity (Wildman–Crippen MR) is 90.4 cm³/mol. The summed E-state index contributed by atoms with van der Waals surface area (Å²) in [5.74, 6) is -1.47. The molecule has 0 aliphatic rings. The molecule has 1 amide bonds. The summed E-state index contributed by atoms with van der Waals surface area (Å²) >= 11 is 0. The van der Waals surface area contributed by atoms with Gasteiger partial charge in [-0.25, -0.2) is 8.78 Å². The number of anilines is 1. The lowest BCUT2D eigenvalue weighted by molar-refractivity contribution is -0.120. The molecule has 0 aromatic heterocycles. The molecule has 0 aliphatic carbocycles. The maximum absolute atomic E-state index is 14.0. The fourth-order valence-electron chi connectivity index (χ4n) is 2.47. The molecule has 0 spiro atoms. The fourth-order valence-corrected chi connectivity index (χ4v) is 2.47. The van der Waals surface area contributed by atoms with Crippen LogP contribution in [-0.2, 0) is 11.2 Å².